The number of rotatable bonds is 7. The van der Waals surface area contributed by atoms with E-state index in [9.17, 15) is 0 Å². The van der Waals surface area contributed by atoms with E-state index < -0.39 is 6.10 Å². The Morgan fingerprint density at radius 3 is 1.88 bits per heavy atom. The molecule has 0 aromatic rings. The first-order chi connectivity index (χ1) is 7.43. The average molecular weight is 252 g/mol. The monoisotopic (exact) mass is 252 g/mol. The van der Waals surface area contributed by atoms with E-state index in [1.54, 1.807) is 0 Å². The molecule has 0 spiro atoms. The molecule has 3 nitrogen and oxygen atoms in total. The van der Waals surface area contributed by atoms with Crippen LogP contribution in [0.3, 0.4) is 0 Å². The molecule has 0 aromatic heterocycles. The highest BCUT2D eigenvalue weighted by Gasteiger charge is 1.99. The first-order valence-electron chi connectivity index (χ1n) is 6.01. The minimum Gasteiger partial charge on any atom is -0.396 e. The molecule has 0 aliphatic heterocycles. The molecule has 0 fully saturated rings. The molecule has 16 heavy (non-hydrogen) atoms. The molecule has 3 N–H and O–H groups in total. The zero-order chi connectivity index (χ0) is 13.0. The molecule has 2 atom stereocenters. The molecule has 0 saturated carbocycles. The van der Waals surface area contributed by atoms with Gasteiger partial charge in [0, 0.05) is 6.61 Å². The predicted molar refractivity (Wildman–Crippen MR) is 71.9 cm³/mol. The van der Waals surface area contributed by atoms with E-state index in [-0.39, 0.29) is 13.2 Å². The predicted octanol–water partition coefficient (Wildman–Crippen LogP) is 1.85. The summed E-state index contributed by atoms with van der Waals surface area (Å²) < 4.78 is 0. The largest absolute Gasteiger partial charge is 0.396 e. The Morgan fingerprint density at radius 1 is 1.06 bits per heavy atom. The van der Waals surface area contributed by atoms with Gasteiger partial charge in [0.15, 0.2) is 0 Å². The molecule has 0 saturated heterocycles. The number of aliphatic hydroxyl groups excluding tert-OH is 3. The summed E-state index contributed by atoms with van der Waals surface area (Å²) in [6.07, 6.45) is 2.69. The van der Waals surface area contributed by atoms with Crippen molar-refractivity contribution in [2.24, 2.45) is 5.92 Å². The second-order valence-electron chi connectivity index (χ2n) is 4.53. The van der Waals surface area contributed by atoms with Gasteiger partial charge in [-0.15, -0.1) is 0 Å². The molecule has 0 bridgehead atoms. The van der Waals surface area contributed by atoms with Gasteiger partial charge in [-0.05, 0) is 36.9 Å². The summed E-state index contributed by atoms with van der Waals surface area (Å²) in [7, 11) is 0. The van der Waals surface area contributed by atoms with Crippen LogP contribution in [0.5, 0.6) is 0 Å². The smallest absolute Gasteiger partial charge is 0.0771 e. The maximum Gasteiger partial charge on any atom is 0.0771 e. The van der Waals surface area contributed by atoms with E-state index in [1.807, 2.05) is 0 Å². The topological polar surface area (TPSA) is 60.7 Å². The molecule has 0 amide bonds. The van der Waals surface area contributed by atoms with E-state index in [0.717, 1.165) is 12.3 Å². The van der Waals surface area contributed by atoms with Crippen LogP contribution in [0.2, 0.25) is 0 Å². The van der Waals surface area contributed by atoms with Crippen LogP contribution in [0.15, 0.2) is 0 Å². The molecule has 0 aliphatic rings. The van der Waals surface area contributed by atoms with E-state index in [4.69, 9.17) is 15.3 Å². The summed E-state index contributed by atoms with van der Waals surface area (Å²) in [5.74, 6) is 0.799. The van der Waals surface area contributed by atoms with Crippen molar-refractivity contribution in [2.45, 2.75) is 57.8 Å². The Bertz CT molecular complexity index is 123. The van der Waals surface area contributed by atoms with E-state index in [0.29, 0.717) is 18.1 Å². The van der Waals surface area contributed by atoms with E-state index >= 15 is 0 Å². The molecule has 0 radical (unpaired) electrons. The van der Waals surface area contributed by atoms with Gasteiger partial charge in [-0.2, -0.15) is 12.6 Å². The molecular weight excluding hydrogens is 224 g/mol. The average Bonchev–Trinajstić information content (AvgIpc) is 2.16. The third-order valence-electron chi connectivity index (χ3n) is 1.97. The highest BCUT2D eigenvalue weighted by atomic mass is 32.1. The lowest BCUT2D eigenvalue weighted by Gasteiger charge is -2.04. The van der Waals surface area contributed by atoms with Gasteiger partial charge in [0.1, 0.15) is 0 Å². The fourth-order valence-corrected chi connectivity index (χ4v) is 1.69. The minimum atomic E-state index is -0.600. The molecule has 0 heterocycles. The van der Waals surface area contributed by atoms with Crippen LogP contribution in [0.25, 0.3) is 0 Å². The van der Waals surface area contributed by atoms with Crippen LogP contribution in [0.4, 0.5) is 0 Å². The highest BCUT2D eigenvalue weighted by molar-refractivity contribution is 7.80. The first kappa shape index (κ1) is 18.6. The SMILES string of the molecule is CC(C)CC(C)S.OCCCCC(O)CO. The number of unbranched alkanes of at least 4 members (excludes halogenated alkanes) is 1. The van der Waals surface area contributed by atoms with Crippen LogP contribution in [-0.2, 0) is 0 Å². The lowest BCUT2D eigenvalue weighted by Crippen LogP contribution is -2.11. The lowest BCUT2D eigenvalue weighted by molar-refractivity contribution is 0.0848. The van der Waals surface area contributed by atoms with Gasteiger partial charge >= 0.3 is 0 Å². The van der Waals surface area contributed by atoms with E-state index in [1.165, 1.54) is 6.42 Å². The maximum atomic E-state index is 8.75. The van der Waals surface area contributed by atoms with Crippen molar-refractivity contribution in [3.63, 3.8) is 0 Å². The van der Waals surface area contributed by atoms with Crippen molar-refractivity contribution < 1.29 is 15.3 Å². The Hall–Kier alpha value is 0.230. The quantitative estimate of drug-likeness (QED) is 0.413. The molecular formula is C12H28O3S. The molecule has 0 aliphatic carbocycles. The Morgan fingerprint density at radius 2 is 1.62 bits per heavy atom. The fraction of sp³-hybridized carbons (Fsp3) is 1.00. The molecule has 2 unspecified atom stereocenters. The highest BCUT2D eigenvalue weighted by Crippen LogP contribution is 2.07. The van der Waals surface area contributed by atoms with Gasteiger partial charge in [0.2, 0.25) is 0 Å². The lowest BCUT2D eigenvalue weighted by atomic mass is 10.1. The summed E-state index contributed by atoms with van der Waals surface area (Å²) in [5.41, 5.74) is 0. The number of aliphatic hydroxyl groups is 3. The second kappa shape index (κ2) is 13.3. The van der Waals surface area contributed by atoms with Crippen molar-refractivity contribution in [2.75, 3.05) is 13.2 Å². The second-order valence-corrected chi connectivity index (χ2v) is 5.42. The van der Waals surface area contributed by atoms with Crippen LogP contribution < -0.4 is 0 Å². The number of hydrogen-bond acceptors (Lipinski definition) is 4. The number of thiol groups is 1. The summed E-state index contributed by atoms with van der Waals surface area (Å²) in [6.45, 7) is 6.55. The maximum absolute atomic E-state index is 8.75. The minimum absolute atomic E-state index is 0.165. The van der Waals surface area contributed by atoms with Crippen molar-refractivity contribution in [3.05, 3.63) is 0 Å². The van der Waals surface area contributed by atoms with Gasteiger partial charge in [-0.1, -0.05) is 20.8 Å². The summed E-state index contributed by atoms with van der Waals surface area (Å²) in [4.78, 5) is 0. The summed E-state index contributed by atoms with van der Waals surface area (Å²) in [5, 5.41) is 26.0. The van der Waals surface area contributed by atoms with Gasteiger partial charge < -0.3 is 15.3 Å². The van der Waals surface area contributed by atoms with Crippen molar-refractivity contribution in [1.82, 2.24) is 0 Å². The van der Waals surface area contributed by atoms with E-state index in [2.05, 4.69) is 33.4 Å². The summed E-state index contributed by atoms with van der Waals surface area (Å²) >= 11 is 4.24. The number of hydrogen-bond donors (Lipinski definition) is 4. The summed E-state index contributed by atoms with van der Waals surface area (Å²) in [6, 6.07) is 0. The van der Waals surface area contributed by atoms with Crippen molar-refractivity contribution in [1.29, 1.82) is 0 Å². The standard InChI is InChI=1S/C6H14O3.C6H14S/c7-4-2-1-3-6(9)5-8;1-5(2)4-6(3)7/h6-9H,1-5H2;5-7H,4H2,1-3H3. The van der Waals surface area contributed by atoms with Crippen LogP contribution in [0, 0.1) is 5.92 Å². The Balaban J connectivity index is 0. The zero-order valence-corrected chi connectivity index (χ0v) is 11.7. The van der Waals surface area contributed by atoms with Gasteiger partial charge in [-0.25, -0.2) is 0 Å². The van der Waals surface area contributed by atoms with Crippen molar-refractivity contribution in [3.8, 4) is 0 Å². The first-order valence-corrected chi connectivity index (χ1v) is 6.53. The Kier molecular flexibility index (Phi) is 15.4. The van der Waals surface area contributed by atoms with Crippen LogP contribution >= 0.6 is 12.6 Å². The zero-order valence-electron chi connectivity index (χ0n) is 10.8. The fourth-order valence-electron chi connectivity index (χ4n) is 1.27. The van der Waals surface area contributed by atoms with Gasteiger partial charge in [0.05, 0.1) is 12.7 Å². The van der Waals surface area contributed by atoms with Gasteiger partial charge in [0.25, 0.3) is 0 Å². The van der Waals surface area contributed by atoms with Crippen molar-refractivity contribution >= 4 is 12.6 Å². The normalized spacial score (nSPS) is 14.2. The third-order valence-corrected chi connectivity index (χ3v) is 2.18. The van der Waals surface area contributed by atoms with Crippen LogP contribution in [-0.4, -0.2) is 39.9 Å². The third kappa shape index (κ3) is 19.7. The molecule has 4 heteroatoms. The molecule has 100 valence electrons. The van der Waals surface area contributed by atoms with Crippen LogP contribution in [0.1, 0.15) is 46.5 Å². The molecule has 0 aromatic carbocycles. The Labute approximate surface area is 105 Å². The van der Waals surface area contributed by atoms with Gasteiger partial charge in [-0.3, -0.25) is 0 Å². The molecule has 0 rings (SSSR count).